The normalized spacial score (nSPS) is 11.7. The fraction of sp³-hybridized carbons (Fsp3) is 0.0667. The maximum Gasteiger partial charge on any atom is 0.242 e. The largest absolute Gasteiger partial charge is 0.459 e. The van der Waals surface area contributed by atoms with Gasteiger partial charge in [0, 0.05) is 0 Å². The van der Waals surface area contributed by atoms with Crippen molar-refractivity contribution in [2.24, 2.45) is 0 Å². The summed E-state index contributed by atoms with van der Waals surface area (Å²) in [6.45, 7) is 0.0684. The first-order chi connectivity index (χ1) is 10.6. The molecule has 4 nitrogen and oxygen atoms in total. The van der Waals surface area contributed by atoms with E-state index in [0.717, 1.165) is 10.6 Å². The molecule has 0 fully saturated rings. The van der Waals surface area contributed by atoms with Gasteiger partial charge in [0.1, 0.15) is 16.4 Å². The first-order valence-corrected chi connectivity index (χ1v) is 9.17. The van der Waals surface area contributed by atoms with Gasteiger partial charge in [-0.25, -0.2) is 13.1 Å². The lowest BCUT2D eigenvalue weighted by Crippen LogP contribution is -2.23. The van der Waals surface area contributed by atoms with Crippen LogP contribution in [0.15, 0.2) is 63.2 Å². The standard InChI is InChI=1S/C15H12ClNO3S2/c16-12-4-1-2-6-15(12)22(18,19)17-10-11-7-8-13(20-11)14-5-3-9-21-14/h1-9,17H,10H2. The Labute approximate surface area is 137 Å². The number of rotatable bonds is 5. The first-order valence-electron chi connectivity index (χ1n) is 6.43. The highest BCUT2D eigenvalue weighted by atomic mass is 35.5. The Kier molecular flexibility index (Phi) is 4.35. The minimum absolute atomic E-state index is 0.0571. The summed E-state index contributed by atoms with van der Waals surface area (Å²) in [4.78, 5) is 1.06. The molecule has 2 aromatic heterocycles. The third-order valence-electron chi connectivity index (χ3n) is 2.99. The highest BCUT2D eigenvalue weighted by Crippen LogP contribution is 2.27. The molecule has 0 unspecified atom stereocenters. The van der Waals surface area contributed by atoms with Gasteiger partial charge in [0.05, 0.1) is 16.4 Å². The van der Waals surface area contributed by atoms with Crippen molar-refractivity contribution in [1.82, 2.24) is 4.72 Å². The van der Waals surface area contributed by atoms with E-state index in [1.165, 1.54) is 12.1 Å². The minimum Gasteiger partial charge on any atom is -0.459 e. The number of halogens is 1. The highest BCUT2D eigenvalue weighted by Gasteiger charge is 2.17. The zero-order valence-corrected chi connectivity index (χ0v) is 13.7. The van der Waals surface area contributed by atoms with E-state index in [4.69, 9.17) is 16.0 Å². The molecule has 1 aromatic carbocycles. The maximum absolute atomic E-state index is 12.2. The van der Waals surface area contributed by atoms with Crippen LogP contribution in [0.2, 0.25) is 5.02 Å². The molecule has 3 aromatic rings. The molecule has 3 rings (SSSR count). The molecule has 114 valence electrons. The quantitative estimate of drug-likeness (QED) is 0.749. The van der Waals surface area contributed by atoms with Crippen LogP contribution in [0.25, 0.3) is 10.6 Å². The molecule has 0 aliphatic carbocycles. The Morgan fingerprint density at radius 3 is 2.64 bits per heavy atom. The molecule has 0 saturated carbocycles. The van der Waals surface area contributed by atoms with Gasteiger partial charge < -0.3 is 4.42 Å². The molecule has 0 radical (unpaired) electrons. The highest BCUT2D eigenvalue weighted by molar-refractivity contribution is 7.89. The van der Waals surface area contributed by atoms with E-state index in [2.05, 4.69) is 4.72 Å². The van der Waals surface area contributed by atoms with E-state index in [1.54, 1.807) is 29.5 Å². The molecular weight excluding hydrogens is 342 g/mol. The average molecular weight is 354 g/mol. The van der Waals surface area contributed by atoms with Crippen LogP contribution in [0, 0.1) is 0 Å². The predicted molar refractivity (Wildman–Crippen MR) is 87.5 cm³/mol. The number of nitrogens with one attached hydrogen (secondary N) is 1. The molecule has 1 N–H and O–H groups in total. The van der Waals surface area contributed by atoms with Crippen LogP contribution in [-0.4, -0.2) is 8.42 Å². The van der Waals surface area contributed by atoms with Gasteiger partial charge in [-0.05, 0) is 35.7 Å². The number of hydrogen-bond donors (Lipinski definition) is 1. The summed E-state index contributed by atoms with van der Waals surface area (Å²) in [5.74, 6) is 1.26. The van der Waals surface area contributed by atoms with Crippen molar-refractivity contribution in [3.8, 4) is 10.6 Å². The lowest BCUT2D eigenvalue weighted by molar-refractivity contribution is 0.510. The lowest BCUT2D eigenvalue weighted by Gasteiger charge is -2.06. The van der Waals surface area contributed by atoms with Gasteiger partial charge in [0.2, 0.25) is 10.0 Å². The Bertz CT molecular complexity index is 870. The summed E-state index contributed by atoms with van der Waals surface area (Å²) >= 11 is 7.48. The topological polar surface area (TPSA) is 59.3 Å². The van der Waals surface area contributed by atoms with Crippen molar-refractivity contribution in [3.05, 3.63) is 64.7 Å². The Hall–Kier alpha value is -1.60. The van der Waals surface area contributed by atoms with Crippen molar-refractivity contribution >= 4 is 33.0 Å². The molecule has 0 aliphatic rings. The van der Waals surface area contributed by atoms with Gasteiger partial charge >= 0.3 is 0 Å². The maximum atomic E-state index is 12.2. The summed E-state index contributed by atoms with van der Waals surface area (Å²) in [5, 5.41) is 2.14. The summed E-state index contributed by atoms with van der Waals surface area (Å²) in [7, 11) is -3.67. The van der Waals surface area contributed by atoms with Crippen molar-refractivity contribution in [2.75, 3.05) is 0 Å². The van der Waals surface area contributed by atoms with Gasteiger partial charge in [0.15, 0.2) is 0 Å². The second-order valence-corrected chi connectivity index (χ2v) is 7.59. The van der Waals surface area contributed by atoms with Crippen molar-refractivity contribution in [1.29, 1.82) is 0 Å². The molecule has 0 bridgehead atoms. The predicted octanol–water partition coefficient (Wildman–Crippen LogP) is 4.14. The number of thiophene rings is 1. The van der Waals surface area contributed by atoms with Crippen LogP contribution < -0.4 is 4.72 Å². The Morgan fingerprint density at radius 2 is 1.91 bits per heavy atom. The summed E-state index contributed by atoms with van der Waals surface area (Å²) in [6.07, 6.45) is 0. The van der Waals surface area contributed by atoms with E-state index in [-0.39, 0.29) is 16.5 Å². The zero-order chi connectivity index (χ0) is 15.6. The second kappa shape index (κ2) is 6.26. The first kappa shape index (κ1) is 15.3. The van der Waals surface area contributed by atoms with Crippen LogP contribution >= 0.6 is 22.9 Å². The van der Waals surface area contributed by atoms with E-state index in [9.17, 15) is 8.42 Å². The third kappa shape index (κ3) is 3.25. The fourth-order valence-corrected chi connectivity index (χ4v) is 4.13. The molecular formula is C15H12ClNO3S2. The molecule has 0 saturated heterocycles. The fourth-order valence-electron chi connectivity index (χ4n) is 1.93. The molecule has 0 atom stereocenters. The zero-order valence-electron chi connectivity index (χ0n) is 11.3. The van der Waals surface area contributed by atoms with Gasteiger partial charge in [-0.1, -0.05) is 29.8 Å². The molecule has 2 heterocycles. The van der Waals surface area contributed by atoms with E-state index in [1.807, 2.05) is 23.6 Å². The van der Waals surface area contributed by atoms with Crippen molar-refractivity contribution in [3.63, 3.8) is 0 Å². The molecule has 0 amide bonds. The van der Waals surface area contributed by atoms with Crippen LogP contribution in [0.3, 0.4) is 0 Å². The Balaban J connectivity index is 1.74. The van der Waals surface area contributed by atoms with Gasteiger partial charge in [-0.3, -0.25) is 0 Å². The van der Waals surface area contributed by atoms with Crippen molar-refractivity contribution in [2.45, 2.75) is 11.4 Å². The van der Waals surface area contributed by atoms with Gasteiger partial charge in [0.25, 0.3) is 0 Å². The van der Waals surface area contributed by atoms with Crippen LogP contribution in [0.5, 0.6) is 0 Å². The average Bonchev–Trinajstić information content (AvgIpc) is 3.17. The van der Waals surface area contributed by atoms with Crippen LogP contribution in [0.4, 0.5) is 0 Å². The molecule has 0 spiro atoms. The Morgan fingerprint density at radius 1 is 1.09 bits per heavy atom. The van der Waals surface area contributed by atoms with E-state index in [0.29, 0.717) is 5.76 Å². The number of furan rings is 1. The number of sulfonamides is 1. The monoisotopic (exact) mass is 353 g/mol. The van der Waals surface area contributed by atoms with Crippen LogP contribution in [-0.2, 0) is 16.6 Å². The van der Waals surface area contributed by atoms with Crippen LogP contribution in [0.1, 0.15) is 5.76 Å². The van der Waals surface area contributed by atoms with E-state index >= 15 is 0 Å². The SMILES string of the molecule is O=S(=O)(NCc1ccc(-c2cccs2)o1)c1ccccc1Cl. The molecule has 0 aliphatic heterocycles. The second-order valence-electron chi connectivity index (χ2n) is 4.50. The van der Waals surface area contributed by atoms with Crippen molar-refractivity contribution < 1.29 is 12.8 Å². The summed E-state index contributed by atoms with van der Waals surface area (Å²) in [5.41, 5.74) is 0. The third-order valence-corrected chi connectivity index (χ3v) is 5.77. The molecule has 22 heavy (non-hydrogen) atoms. The smallest absolute Gasteiger partial charge is 0.242 e. The summed E-state index contributed by atoms with van der Waals surface area (Å²) < 4.78 is 32.6. The number of hydrogen-bond acceptors (Lipinski definition) is 4. The lowest BCUT2D eigenvalue weighted by atomic mass is 10.3. The summed E-state index contributed by atoms with van der Waals surface area (Å²) in [6, 6.07) is 13.8. The van der Waals surface area contributed by atoms with Gasteiger partial charge in [-0.2, -0.15) is 0 Å². The van der Waals surface area contributed by atoms with E-state index < -0.39 is 10.0 Å². The molecule has 7 heteroatoms. The number of benzene rings is 1. The minimum atomic E-state index is -3.67. The van der Waals surface area contributed by atoms with Gasteiger partial charge in [-0.15, -0.1) is 11.3 Å².